The number of hydrogen-bond acceptors (Lipinski definition) is 4. The summed E-state index contributed by atoms with van der Waals surface area (Å²) in [5, 5.41) is 2.92. The molecule has 6 nitrogen and oxygen atoms in total. The van der Waals surface area contributed by atoms with Crippen molar-refractivity contribution in [2.45, 2.75) is 19.5 Å². The number of nitrogens with one attached hydrogen (secondary N) is 2. The van der Waals surface area contributed by atoms with Crippen LogP contribution >= 0.6 is 0 Å². The van der Waals surface area contributed by atoms with Gasteiger partial charge in [0.25, 0.3) is 5.91 Å². The van der Waals surface area contributed by atoms with Crippen LogP contribution in [0.5, 0.6) is 0 Å². The van der Waals surface area contributed by atoms with E-state index >= 15 is 0 Å². The first-order chi connectivity index (χ1) is 14.6. The summed E-state index contributed by atoms with van der Waals surface area (Å²) in [7, 11) is 0. The summed E-state index contributed by atoms with van der Waals surface area (Å²) in [6.45, 7) is 2.33. The Morgan fingerprint density at radius 1 is 1.13 bits per heavy atom. The number of aromatic nitrogens is 3. The highest BCUT2D eigenvalue weighted by Crippen LogP contribution is 2.24. The Kier molecular flexibility index (Phi) is 4.72. The first kappa shape index (κ1) is 18.4. The third-order valence-corrected chi connectivity index (χ3v) is 5.32. The number of rotatable bonds is 4. The smallest absolute Gasteiger partial charge is 0.274 e. The molecular weight excluding hydrogens is 381 g/mol. The lowest BCUT2D eigenvalue weighted by Gasteiger charge is -2.28. The molecule has 0 saturated carbocycles. The van der Waals surface area contributed by atoms with Crippen LogP contribution < -0.4 is 5.32 Å². The minimum absolute atomic E-state index is 0.224. The van der Waals surface area contributed by atoms with Gasteiger partial charge in [0.15, 0.2) is 0 Å². The van der Waals surface area contributed by atoms with Crippen LogP contribution in [0, 0.1) is 5.82 Å². The van der Waals surface area contributed by atoms with E-state index in [0.29, 0.717) is 17.8 Å². The standard InChI is InChI=1S/C23H20FN5O/c24-17-5-7-19-21(12-17)28-22(27-19)14-29-10-8-15-4-6-18(11-16(15)13-29)26-23(30)20-3-1-2-9-25-20/h1-7,9,11-12H,8,10,13-14H2,(H,26,30)(H,27,28). The molecule has 0 radical (unpaired) electrons. The highest BCUT2D eigenvalue weighted by atomic mass is 19.1. The lowest BCUT2D eigenvalue weighted by molar-refractivity contribution is 0.102. The Bertz CT molecular complexity index is 1220. The molecule has 1 amide bonds. The van der Waals surface area contributed by atoms with E-state index in [1.165, 1.54) is 23.3 Å². The second-order valence-electron chi connectivity index (χ2n) is 7.46. The van der Waals surface area contributed by atoms with Gasteiger partial charge in [0.1, 0.15) is 17.3 Å². The third-order valence-electron chi connectivity index (χ3n) is 5.32. The number of imidazole rings is 1. The van der Waals surface area contributed by atoms with E-state index in [-0.39, 0.29) is 11.7 Å². The van der Waals surface area contributed by atoms with Gasteiger partial charge in [-0.05, 0) is 60.0 Å². The van der Waals surface area contributed by atoms with E-state index in [0.717, 1.165) is 36.5 Å². The van der Waals surface area contributed by atoms with E-state index in [4.69, 9.17) is 0 Å². The number of pyridine rings is 1. The molecule has 7 heteroatoms. The van der Waals surface area contributed by atoms with Crippen molar-refractivity contribution in [3.63, 3.8) is 0 Å². The maximum atomic E-state index is 13.4. The molecule has 0 saturated heterocycles. The third kappa shape index (κ3) is 3.79. The zero-order valence-corrected chi connectivity index (χ0v) is 16.2. The van der Waals surface area contributed by atoms with E-state index in [2.05, 4.69) is 31.2 Å². The van der Waals surface area contributed by atoms with Crippen LogP contribution in [0.4, 0.5) is 10.1 Å². The second kappa shape index (κ2) is 7.68. The average Bonchev–Trinajstić information content (AvgIpc) is 3.15. The highest BCUT2D eigenvalue weighted by Gasteiger charge is 2.19. The molecular formula is C23H20FN5O. The van der Waals surface area contributed by atoms with Crippen LogP contribution in [0.1, 0.15) is 27.4 Å². The van der Waals surface area contributed by atoms with Crippen molar-refractivity contribution < 1.29 is 9.18 Å². The first-order valence-corrected chi connectivity index (χ1v) is 9.85. The quantitative estimate of drug-likeness (QED) is 0.544. The number of carbonyl (C=O) groups excluding carboxylic acids is 1. The molecule has 2 aromatic heterocycles. The Morgan fingerprint density at radius 3 is 2.93 bits per heavy atom. The van der Waals surface area contributed by atoms with Crippen molar-refractivity contribution in [3.8, 4) is 0 Å². The number of benzene rings is 2. The van der Waals surface area contributed by atoms with Gasteiger partial charge in [-0.15, -0.1) is 0 Å². The Morgan fingerprint density at radius 2 is 2.07 bits per heavy atom. The minimum atomic E-state index is -0.273. The number of nitrogens with zero attached hydrogens (tertiary/aromatic N) is 3. The van der Waals surface area contributed by atoms with E-state index < -0.39 is 0 Å². The van der Waals surface area contributed by atoms with Gasteiger partial charge in [-0.25, -0.2) is 9.37 Å². The van der Waals surface area contributed by atoms with Gasteiger partial charge in [0.05, 0.1) is 17.6 Å². The predicted octanol–water partition coefficient (Wildman–Crippen LogP) is 3.91. The fourth-order valence-electron chi connectivity index (χ4n) is 3.84. The van der Waals surface area contributed by atoms with Gasteiger partial charge in [-0.3, -0.25) is 14.7 Å². The summed E-state index contributed by atoms with van der Waals surface area (Å²) in [6.07, 6.45) is 2.53. The van der Waals surface area contributed by atoms with Gasteiger partial charge in [-0.1, -0.05) is 12.1 Å². The zero-order chi connectivity index (χ0) is 20.5. The molecule has 4 aromatic rings. The van der Waals surface area contributed by atoms with Gasteiger partial charge in [-0.2, -0.15) is 0 Å². The van der Waals surface area contributed by atoms with Gasteiger partial charge < -0.3 is 10.3 Å². The molecule has 0 fully saturated rings. The van der Waals surface area contributed by atoms with Gasteiger partial charge >= 0.3 is 0 Å². The van der Waals surface area contributed by atoms with Gasteiger partial charge in [0, 0.05) is 25.0 Å². The molecule has 2 N–H and O–H groups in total. The Labute approximate surface area is 172 Å². The van der Waals surface area contributed by atoms with Crippen LogP contribution in [-0.2, 0) is 19.5 Å². The summed E-state index contributed by atoms with van der Waals surface area (Å²) in [5.74, 6) is 0.321. The van der Waals surface area contributed by atoms with Crippen molar-refractivity contribution in [1.82, 2.24) is 19.9 Å². The highest BCUT2D eigenvalue weighted by molar-refractivity contribution is 6.02. The number of anilines is 1. The molecule has 0 bridgehead atoms. The zero-order valence-electron chi connectivity index (χ0n) is 16.2. The summed E-state index contributed by atoms with van der Waals surface area (Å²) in [4.78, 5) is 26.5. The predicted molar refractivity (Wildman–Crippen MR) is 113 cm³/mol. The van der Waals surface area contributed by atoms with Crippen LogP contribution in [0.25, 0.3) is 11.0 Å². The average molecular weight is 401 g/mol. The molecule has 3 heterocycles. The number of halogens is 1. The minimum Gasteiger partial charge on any atom is -0.341 e. The molecule has 30 heavy (non-hydrogen) atoms. The molecule has 0 atom stereocenters. The van der Waals surface area contributed by atoms with E-state index in [1.807, 2.05) is 12.1 Å². The SMILES string of the molecule is O=C(Nc1ccc2c(c1)CN(Cc1nc3ccc(F)cc3[nH]1)CC2)c1ccccn1. The molecule has 5 rings (SSSR count). The number of hydrogen-bond donors (Lipinski definition) is 2. The topological polar surface area (TPSA) is 73.9 Å². The Balaban J connectivity index is 1.30. The van der Waals surface area contributed by atoms with Crippen molar-refractivity contribution in [2.75, 3.05) is 11.9 Å². The fraction of sp³-hybridized carbons (Fsp3) is 0.174. The van der Waals surface area contributed by atoms with Crippen LogP contribution in [0.3, 0.4) is 0 Å². The maximum Gasteiger partial charge on any atom is 0.274 e. The van der Waals surface area contributed by atoms with Crippen molar-refractivity contribution in [3.05, 3.63) is 89.3 Å². The lowest BCUT2D eigenvalue weighted by atomic mass is 9.99. The van der Waals surface area contributed by atoms with Crippen LogP contribution in [0.15, 0.2) is 60.8 Å². The number of amides is 1. The van der Waals surface area contributed by atoms with E-state index in [1.54, 1.807) is 30.5 Å². The number of carbonyl (C=O) groups is 1. The summed E-state index contributed by atoms with van der Waals surface area (Å²) >= 11 is 0. The number of aromatic amines is 1. The molecule has 1 aliphatic rings. The molecule has 0 unspecified atom stereocenters. The summed E-state index contributed by atoms with van der Waals surface area (Å²) in [6, 6.07) is 15.9. The Hall–Kier alpha value is -3.58. The lowest BCUT2D eigenvalue weighted by Crippen LogP contribution is -2.30. The van der Waals surface area contributed by atoms with Crippen LogP contribution in [-0.4, -0.2) is 32.3 Å². The number of H-pyrrole nitrogens is 1. The summed E-state index contributed by atoms with van der Waals surface area (Å²) < 4.78 is 13.4. The monoisotopic (exact) mass is 401 g/mol. The van der Waals surface area contributed by atoms with Crippen molar-refractivity contribution >= 4 is 22.6 Å². The normalized spacial score (nSPS) is 13.9. The largest absolute Gasteiger partial charge is 0.341 e. The van der Waals surface area contributed by atoms with Gasteiger partial charge in [0.2, 0.25) is 0 Å². The summed E-state index contributed by atoms with van der Waals surface area (Å²) in [5.41, 5.74) is 5.09. The molecule has 0 spiro atoms. The fourth-order valence-corrected chi connectivity index (χ4v) is 3.84. The van der Waals surface area contributed by atoms with Crippen LogP contribution in [0.2, 0.25) is 0 Å². The molecule has 2 aromatic carbocycles. The molecule has 0 aliphatic carbocycles. The second-order valence-corrected chi connectivity index (χ2v) is 7.46. The first-order valence-electron chi connectivity index (χ1n) is 9.85. The molecule has 150 valence electrons. The maximum absolute atomic E-state index is 13.4. The van der Waals surface area contributed by atoms with Crippen molar-refractivity contribution in [1.29, 1.82) is 0 Å². The number of fused-ring (bicyclic) bond motifs is 2. The van der Waals surface area contributed by atoms with E-state index in [9.17, 15) is 9.18 Å². The molecule has 1 aliphatic heterocycles. The van der Waals surface area contributed by atoms with Crippen molar-refractivity contribution in [2.24, 2.45) is 0 Å².